The van der Waals surface area contributed by atoms with Gasteiger partial charge in [-0.15, -0.1) is 24.0 Å². The summed E-state index contributed by atoms with van der Waals surface area (Å²) in [7, 11) is -1.19. The highest BCUT2D eigenvalue weighted by molar-refractivity contribution is 14.0. The molecule has 0 amide bonds. The van der Waals surface area contributed by atoms with E-state index < -0.39 is 9.84 Å². The maximum Gasteiger partial charge on any atom is 0.191 e. The molecule has 2 rings (SSSR count). The third-order valence-corrected chi connectivity index (χ3v) is 6.19. The number of nitrogens with zero attached hydrogens (tertiary/aromatic N) is 3. The fourth-order valence-electron chi connectivity index (χ4n) is 3.45. The molecule has 1 aromatic carbocycles. The first-order valence-corrected chi connectivity index (χ1v) is 12.5. The molecule has 9 heteroatoms. The number of sulfone groups is 1. The van der Waals surface area contributed by atoms with Gasteiger partial charge < -0.3 is 15.5 Å². The maximum absolute atomic E-state index is 11.3. The second-order valence-corrected chi connectivity index (χ2v) is 10.2. The van der Waals surface area contributed by atoms with Crippen LogP contribution in [0.5, 0.6) is 0 Å². The zero-order chi connectivity index (χ0) is 21.3. The third-order valence-electron chi connectivity index (χ3n) is 5.21. The number of rotatable bonds is 9. The Labute approximate surface area is 199 Å². The lowest BCUT2D eigenvalue weighted by Crippen LogP contribution is -2.47. The van der Waals surface area contributed by atoms with E-state index in [1.165, 1.54) is 17.5 Å². The largest absolute Gasteiger partial charge is 0.369 e. The van der Waals surface area contributed by atoms with Crippen molar-refractivity contribution in [3.8, 4) is 0 Å². The highest BCUT2D eigenvalue weighted by atomic mass is 127. The molecule has 2 N–H and O–H groups in total. The van der Waals surface area contributed by atoms with Crippen molar-refractivity contribution in [1.82, 2.24) is 15.5 Å². The molecular weight excluding hydrogens is 513 g/mol. The van der Waals surface area contributed by atoms with Crippen LogP contribution in [0, 0.1) is 6.92 Å². The standard InChI is InChI=1S/C21H37N5O2S.HI/c1-18-7-5-8-20(17-18)26-14-12-25(13-15-26)11-6-10-23-21(22-3)24-19(2)9-16-29(4,27)28;/h5,7-8,17,19H,6,9-16H2,1-4H3,(H2,22,23,24);1H. The van der Waals surface area contributed by atoms with Crippen LogP contribution in [0.2, 0.25) is 0 Å². The molecule has 0 aromatic heterocycles. The summed E-state index contributed by atoms with van der Waals surface area (Å²) in [6.07, 6.45) is 2.89. The summed E-state index contributed by atoms with van der Waals surface area (Å²) < 4.78 is 22.6. The molecule has 30 heavy (non-hydrogen) atoms. The number of aryl methyl sites for hydroxylation is 1. The van der Waals surface area contributed by atoms with Crippen molar-refractivity contribution < 1.29 is 8.42 Å². The summed E-state index contributed by atoms with van der Waals surface area (Å²) in [5.74, 6) is 0.919. The summed E-state index contributed by atoms with van der Waals surface area (Å²) in [5, 5.41) is 6.59. The summed E-state index contributed by atoms with van der Waals surface area (Å²) in [4.78, 5) is 9.21. The number of hydrogen-bond donors (Lipinski definition) is 2. The van der Waals surface area contributed by atoms with Crippen molar-refractivity contribution in [2.24, 2.45) is 4.99 Å². The van der Waals surface area contributed by atoms with Gasteiger partial charge in [0.05, 0.1) is 5.75 Å². The molecule has 7 nitrogen and oxygen atoms in total. The topological polar surface area (TPSA) is 77.0 Å². The quantitative estimate of drug-likeness (QED) is 0.212. The molecule has 1 atom stereocenters. The van der Waals surface area contributed by atoms with E-state index >= 15 is 0 Å². The molecule has 1 aliphatic heterocycles. The molecule has 1 aromatic rings. The van der Waals surface area contributed by atoms with E-state index in [-0.39, 0.29) is 35.8 Å². The zero-order valence-electron chi connectivity index (χ0n) is 18.7. The van der Waals surface area contributed by atoms with E-state index in [0.717, 1.165) is 51.6 Å². The van der Waals surface area contributed by atoms with Gasteiger partial charge in [-0.2, -0.15) is 0 Å². The van der Waals surface area contributed by atoms with Crippen LogP contribution in [-0.2, 0) is 9.84 Å². The van der Waals surface area contributed by atoms with Gasteiger partial charge in [0.1, 0.15) is 9.84 Å². The van der Waals surface area contributed by atoms with Crippen molar-refractivity contribution in [3.63, 3.8) is 0 Å². The van der Waals surface area contributed by atoms with Crippen LogP contribution in [0.25, 0.3) is 0 Å². The van der Waals surface area contributed by atoms with Crippen LogP contribution in [0.15, 0.2) is 29.3 Å². The maximum atomic E-state index is 11.3. The fraction of sp³-hybridized carbons (Fsp3) is 0.667. The van der Waals surface area contributed by atoms with E-state index in [2.05, 4.69) is 56.6 Å². The normalized spacial score (nSPS) is 16.7. The lowest BCUT2D eigenvalue weighted by molar-refractivity contribution is 0.255. The molecule has 172 valence electrons. The van der Waals surface area contributed by atoms with Crippen LogP contribution in [0.3, 0.4) is 0 Å². The molecule has 0 saturated carbocycles. The molecule has 1 saturated heterocycles. The summed E-state index contributed by atoms with van der Waals surface area (Å²) in [6, 6.07) is 8.79. The molecular formula is C21H38IN5O2S. The SMILES string of the molecule is CN=C(NCCCN1CCN(c2cccc(C)c2)CC1)NC(C)CCS(C)(=O)=O.I. The van der Waals surface area contributed by atoms with Crippen molar-refractivity contribution in [2.75, 3.05) is 63.2 Å². The smallest absolute Gasteiger partial charge is 0.191 e. The van der Waals surface area contributed by atoms with E-state index in [4.69, 9.17) is 0 Å². The van der Waals surface area contributed by atoms with E-state index in [9.17, 15) is 8.42 Å². The summed E-state index contributed by atoms with van der Waals surface area (Å²) in [6.45, 7) is 10.3. The molecule has 0 radical (unpaired) electrons. The Morgan fingerprint density at radius 3 is 2.53 bits per heavy atom. The van der Waals surface area contributed by atoms with Gasteiger partial charge >= 0.3 is 0 Å². The minimum atomic E-state index is -2.93. The van der Waals surface area contributed by atoms with Gasteiger partial charge in [0.15, 0.2) is 5.96 Å². The fourth-order valence-corrected chi connectivity index (χ4v) is 4.24. The Balaban J connectivity index is 0.00000450. The van der Waals surface area contributed by atoms with Gasteiger partial charge in [-0.3, -0.25) is 9.89 Å². The molecule has 0 aliphatic carbocycles. The Morgan fingerprint density at radius 2 is 1.93 bits per heavy atom. The first-order valence-electron chi connectivity index (χ1n) is 10.5. The first kappa shape index (κ1) is 27.0. The van der Waals surface area contributed by atoms with Gasteiger partial charge in [0.2, 0.25) is 0 Å². The molecule has 0 bridgehead atoms. The van der Waals surface area contributed by atoms with Gasteiger partial charge in [0.25, 0.3) is 0 Å². The minimum Gasteiger partial charge on any atom is -0.369 e. The van der Waals surface area contributed by atoms with Crippen LogP contribution < -0.4 is 15.5 Å². The third kappa shape index (κ3) is 10.3. The predicted octanol–water partition coefficient (Wildman–Crippen LogP) is 2.11. The monoisotopic (exact) mass is 551 g/mol. The lowest BCUT2D eigenvalue weighted by Gasteiger charge is -2.36. The molecule has 1 fully saturated rings. The number of anilines is 1. The highest BCUT2D eigenvalue weighted by Gasteiger charge is 2.17. The molecule has 1 heterocycles. The number of nitrogens with one attached hydrogen (secondary N) is 2. The van der Waals surface area contributed by atoms with Gasteiger partial charge in [-0.1, -0.05) is 12.1 Å². The Kier molecular flexibility index (Phi) is 12.0. The second-order valence-electron chi connectivity index (χ2n) is 7.98. The average Bonchev–Trinajstić information content (AvgIpc) is 2.68. The van der Waals surface area contributed by atoms with Crippen LogP contribution in [-0.4, -0.2) is 83.6 Å². The number of guanidine groups is 1. The number of benzene rings is 1. The average molecular weight is 552 g/mol. The van der Waals surface area contributed by atoms with E-state index in [1.54, 1.807) is 7.05 Å². The number of hydrogen-bond acceptors (Lipinski definition) is 5. The Hall–Kier alpha value is -1.07. The van der Waals surface area contributed by atoms with Gasteiger partial charge in [-0.25, -0.2) is 8.42 Å². The second kappa shape index (κ2) is 13.4. The summed E-state index contributed by atoms with van der Waals surface area (Å²) >= 11 is 0. The Bertz CT molecular complexity index is 764. The van der Waals surface area contributed by atoms with Crippen LogP contribution in [0.4, 0.5) is 5.69 Å². The van der Waals surface area contributed by atoms with Crippen molar-refractivity contribution in [1.29, 1.82) is 0 Å². The highest BCUT2D eigenvalue weighted by Crippen LogP contribution is 2.17. The van der Waals surface area contributed by atoms with E-state index in [0.29, 0.717) is 6.42 Å². The van der Waals surface area contributed by atoms with Crippen molar-refractivity contribution >= 4 is 45.5 Å². The zero-order valence-corrected chi connectivity index (χ0v) is 21.9. The van der Waals surface area contributed by atoms with Crippen molar-refractivity contribution in [3.05, 3.63) is 29.8 Å². The number of piperazine rings is 1. The molecule has 0 spiro atoms. The first-order chi connectivity index (χ1) is 13.8. The summed E-state index contributed by atoms with van der Waals surface area (Å²) in [5.41, 5.74) is 2.63. The van der Waals surface area contributed by atoms with Crippen LogP contribution >= 0.6 is 24.0 Å². The molecule has 1 unspecified atom stereocenters. The lowest BCUT2D eigenvalue weighted by atomic mass is 10.2. The van der Waals surface area contributed by atoms with Crippen LogP contribution in [0.1, 0.15) is 25.3 Å². The Morgan fingerprint density at radius 1 is 1.23 bits per heavy atom. The van der Waals surface area contributed by atoms with Crippen molar-refractivity contribution in [2.45, 2.75) is 32.7 Å². The van der Waals surface area contributed by atoms with Gasteiger partial charge in [0, 0.05) is 57.8 Å². The number of halogens is 1. The predicted molar refractivity (Wildman–Crippen MR) is 138 cm³/mol. The van der Waals surface area contributed by atoms with Gasteiger partial charge in [-0.05, 0) is 50.9 Å². The van der Waals surface area contributed by atoms with E-state index in [1.807, 2.05) is 6.92 Å². The minimum absolute atomic E-state index is 0. The molecule has 1 aliphatic rings. The number of aliphatic imine (C=N–C) groups is 1.